The molecule has 4 rings (SSSR count). The number of benzene rings is 2. The van der Waals surface area contributed by atoms with Crippen LogP contribution in [0.4, 0.5) is 5.95 Å². The molecule has 7 heteroatoms. The minimum Gasteiger partial charge on any atom is -0.497 e. The number of rotatable bonds is 6. The van der Waals surface area contributed by atoms with Crippen LogP contribution in [0.15, 0.2) is 54.9 Å². The molecular weight excluding hydrogens is 400 g/mol. The number of halogens is 1. The second-order valence-electron chi connectivity index (χ2n) is 7.46. The molecule has 0 saturated heterocycles. The molecule has 0 saturated carbocycles. The van der Waals surface area contributed by atoms with Gasteiger partial charge in [-0.1, -0.05) is 49.2 Å². The molecule has 6 nitrogen and oxygen atoms in total. The highest BCUT2D eigenvalue weighted by Gasteiger charge is 2.39. The van der Waals surface area contributed by atoms with Gasteiger partial charge in [-0.15, -0.1) is 0 Å². The number of ether oxygens (including phenoxy) is 1. The Morgan fingerprint density at radius 3 is 2.43 bits per heavy atom. The van der Waals surface area contributed by atoms with Gasteiger partial charge in [-0.3, -0.25) is 9.69 Å². The molecule has 156 valence electrons. The van der Waals surface area contributed by atoms with Crippen molar-refractivity contribution in [3.8, 4) is 5.75 Å². The Labute approximate surface area is 181 Å². The number of unbranched alkanes of at least 4 members (excludes halogenated alkanes) is 1. The first-order chi connectivity index (χ1) is 14.6. The van der Waals surface area contributed by atoms with Gasteiger partial charge in [-0.2, -0.15) is 10.1 Å². The maximum absolute atomic E-state index is 13.2. The quantitative estimate of drug-likeness (QED) is 0.545. The number of anilines is 1. The molecule has 1 amide bonds. The van der Waals surface area contributed by atoms with Crippen molar-refractivity contribution in [2.75, 3.05) is 12.0 Å². The standard InChI is InChI=1S/C23H25ClN4O2/c1-3-4-5-22(29)27-20(16-6-10-18(24)11-7-16)14-21(28-23(27)25-15-26-28)17-8-12-19(30-2)13-9-17/h6-13,15,20-21H,3-5,14H2,1-2H3/t20-,21+/m0/s1. The lowest BCUT2D eigenvalue weighted by atomic mass is 9.91. The number of fused-ring (bicyclic) bond motifs is 1. The largest absolute Gasteiger partial charge is 0.497 e. The van der Waals surface area contributed by atoms with Crippen LogP contribution in [-0.4, -0.2) is 27.8 Å². The van der Waals surface area contributed by atoms with Crippen LogP contribution < -0.4 is 9.64 Å². The molecule has 2 aromatic carbocycles. The van der Waals surface area contributed by atoms with Crippen molar-refractivity contribution in [3.63, 3.8) is 0 Å². The summed E-state index contributed by atoms with van der Waals surface area (Å²) in [7, 11) is 1.65. The second kappa shape index (κ2) is 8.88. The Bertz CT molecular complexity index is 1000. The highest BCUT2D eigenvalue weighted by atomic mass is 35.5. The molecule has 1 aromatic heterocycles. The molecule has 30 heavy (non-hydrogen) atoms. The lowest BCUT2D eigenvalue weighted by molar-refractivity contribution is -0.119. The minimum atomic E-state index is -0.143. The van der Waals surface area contributed by atoms with Crippen LogP contribution in [0.1, 0.15) is 55.8 Å². The highest BCUT2D eigenvalue weighted by molar-refractivity contribution is 6.30. The molecule has 3 aromatic rings. The third-order valence-corrected chi connectivity index (χ3v) is 5.84. The fourth-order valence-corrected chi connectivity index (χ4v) is 4.13. The van der Waals surface area contributed by atoms with Gasteiger partial charge in [0.1, 0.15) is 12.1 Å². The highest BCUT2D eigenvalue weighted by Crippen LogP contribution is 2.42. The molecule has 0 spiro atoms. The molecule has 1 aliphatic heterocycles. The van der Waals surface area contributed by atoms with Crippen LogP contribution in [0, 0.1) is 0 Å². The van der Waals surface area contributed by atoms with Gasteiger partial charge in [0.25, 0.3) is 0 Å². The van der Waals surface area contributed by atoms with E-state index in [1.54, 1.807) is 7.11 Å². The van der Waals surface area contributed by atoms with Gasteiger partial charge >= 0.3 is 0 Å². The minimum absolute atomic E-state index is 0.0377. The first kappa shape index (κ1) is 20.4. The third-order valence-electron chi connectivity index (χ3n) is 5.59. The van der Waals surface area contributed by atoms with Gasteiger partial charge in [-0.05, 0) is 48.2 Å². The van der Waals surface area contributed by atoms with Crippen molar-refractivity contribution >= 4 is 23.5 Å². The molecule has 0 radical (unpaired) electrons. The molecule has 2 atom stereocenters. The van der Waals surface area contributed by atoms with Crippen molar-refractivity contribution in [3.05, 3.63) is 71.0 Å². The van der Waals surface area contributed by atoms with Gasteiger partial charge in [0.15, 0.2) is 0 Å². The van der Waals surface area contributed by atoms with Crippen molar-refractivity contribution < 1.29 is 9.53 Å². The van der Waals surface area contributed by atoms with Crippen molar-refractivity contribution in [2.24, 2.45) is 0 Å². The molecule has 0 N–H and O–H groups in total. The Kier molecular flexibility index (Phi) is 6.04. The van der Waals surface area contributed by atoms with Crippen molar-refractivity contribution in [1.82, 2.24) is 14.8 Å². The summed E-state index contributed by atoms with van der Waals surface area (Å²) in [5, 5.41) is 5.15. The van der Waals surface area contributed by atoms with Gasteiger partial charge in [-0.25, -0.2) is 4.68 Å². The van der Waals surface area contributed by atoms with Crippen LogP contribution in [-0.2, 0) is 4.79 Å². The fourth-order valence-electron chi connectivity index (χ4n) is 4.00. The summed E-state index contributed by atoms with van der Waals surface area (Å²) in [5.41, 5.74) is 2.14. The molecule has 0 bridgehead atoms. The Balaban J connectivity index is 1.77. The van der Waals surface area contributed by atoms with Crippen LogP contribution in [0.25, 0.3) is 0 Å². The summed E-state index contributed by atoms with van der Waals surface area (Å²) in [6.07, 6.45) is 4.52. The van der Waals surface area contributed by atoms with E-state index in [0.717, 1.165) is 29.7 Å². The number of hydrogen-bond donors (Lipinski definition) is 0. The van der Waals surface area contributed by atoms with Gasteiger partial charge in [0, 0.05) is 11.4 Å². The maximum Gasteiger partial charge on any atom is 0.231 e. The average Bonchev–Trinajstić information content (AvgIpc) is 3.26. The Hall–Kier alpha value is -2.86. The van der Waals surface area contributed by atoms with Gasteiger partial charge in [0.05, 0.1) is 19.2 Å². The van der Waals surface area contributed by atoms with Gasteiger partial charge in [0.2, 0.25) is 11.9 Å². The maximum atomic E-state index is 13.2. The summed E-state index contributed by atoms with van der Waals surface area (Å²) in [6.45, 7) is 2.09. The van der Waals surface area contributed by atoms with Crippen LogP contribution in [0.5, 0.6) is 5.75 Å². The van der Waals surface area contributed by atoms with Crippen molar-refractivity contribution in [2.45, 2.75) is 44.7 Å². The van der Waals surface area contributed by atoms with E-state index >= 15 is 0 Å². The van der Waals surface area contributed by atoms with E-state index in [1.807, 2.05) is 58.1 Å². The van der Waals surface area contributed by atoms with Gasteiger partial charge < -0.3 is 4.74 Å². The zero-order chi connectivity index (χ0) is 21.1. The molecular formula is C23H25ClN4O2. The van der Waals surface area contributed by atoms with Crippen LogP contribution in [0.2, 0.25) is 5.02 Å². The average molecular weight is 425 g/mol. The number of carbonyl (C=O) groups is 1. The van der Waals surface area contributed by atoms with Crippen LogP contribution >= 0.6 is 11.6 Å². The summed E-state index contributed by atoms with van der Waals surface area (Å²) in [4.78, 5) is 19.5. The lowest BCUT2D eigenvalue weighted by Gasteiger charge is -2.39. The van der Waals surface area contributed by atoms with E-state index in [1.165, 1.54) is 6.33 Å². The zero-order valence-electron chi connectivity index (χ0n) is 17.2. The predicted octanol–water partition coefficient (Wildman–Crippen LogP) is 5.20. The number of aromatic nitrogens is 3. The third kappa shape index (κ3) is 3.92. The molecule has 1 aliphatic rings. The van der Waals surface area contributed by atoms with E-state index in [4.69, 9.17) is 16.3 Å². The molecule has 0 aliphatic carbocycles. The predicted molar refractivity (Wildman–Crippen MR) is 117 cm³/mol. The molecule has 0 fully saturated rings. The summed E-state index contributed by atoms with van der Waals surface area (Å²) >= 11 is 6.12. The van der Waals surface area contributed by atoms with E-state index in [0.29, 0.717) is 23.8 Å². The van der Waals surface area contributed by atoms with Crippen LogP contribution in [0.3, 0.4) is 0 Å². The number of carbonyl (C=O) groups excluding carboxylic acids is 1. The smallest absolute Gasteiger partial charge is 0.231 e. The lowest BCUT2D eigenvalue weighted by Crippen LogP contribution is -2.42. The molecule has 0 unspecified atom stereocenters. The Morgan fingerprint density at radius 1 is 1.10 bits per heavy atom. The first-order valence-electron chi connectivity index (χ1n) is 10.2. The summed E-state index contributed by atoms with van der Waals surface area (Å²) < 4.78 is 7.16. The van der Waals surface area contributed by atoms with E-state index < -0.39 is 0 Å². The first-order valence-corrected chi connectivity index (χ1v) is 10.6. The monoisotopic (exact) mass is 424 g/mol. The molecule has 2 heterocycles. The summed E-state index contributed by atoms with van der Waals surface area (Å²) in [5.74, 6) is 1.46. The number of amides is 1. The second-order valence-corrected chi connectivity index (χ2v) is 7.90. The fraction of sp³-hybridized carbons (Fsp3) is 0.348. The van der Waals surface area contributed by atoms with Crippen molar-refractivity contribution in [1.29, 1.82) is 0 Å². The SMILES string of the molecule is CCCCC(=O)N1c2ncnn2[C@@H](c2ccc(OC)cc2)C[C@H]1c1ccc(Cl)cc1. The Morgan fingerprint density at radius 2 is 1.77 bits per heavy atom. The number of nitrogens with zero attached hydrogens (tertiary/aromatic N) is 4. The number of methoxy groups -OCH3 is 1. The number of hydrogen-bond acceptors (Lipinski definition) is 4. The van der Waals surface area contributed by atoms with E-state index in [-0.39, 0.29) is 18.0 Å². The van der Waals surface area contributed by atoms with E-state index in [2.05, 4.69) is 17.0 Å². The zero-order valence-corrected chi connectivity index (χ0v) is 17.9. The van der Waals surface area contributed by atoms with E-state index in [9.17, 15) is 4.79 Å². The topological polar surface area (TPSA) is 60.2 Å². The normalized spacial score (nSPS) is 18.2. The summed E-state index contributed by atoms with van der Waals surface area (Å²) in [6, 6.07) is 15.5.